The largest absolute Gasteiger partial charge is 0.497 e. The van der Waals surface area contributed by atoms with Gasteiger partial charge in [0.15, 0.2) is 0 Å². The maximum atomic E-state index is 12.7. The van der Waals surface area contributed by atoms with Gasteiger partial charge in [0.05, 0.1) is 24.9 Å². The van der Waals surface area contributed by atoms with Gasteiger partial charge < -0.3 is 10.1 Å². The minimum absolute atomic E-state index is 0.0694. The summed E-state index contributed by atoms with van der Waals surface area (Å²) in [5.74, 6) is 0.969. The molecule has 1 saturated carbocycles. The molecule has 2 aromatic carbocycles. The Balaban J connectivity index is 1.46. The van der Waals surface area contributed by atoms with Crippen LogP contribution in [0.2, 0.25) is 0 Å². The predicted octanol–water partition coefficient (Wildman–Crippen LogP) is 3.01. The third kappa shape index (κ3) is 4.33. The van der Waals surface area contributed by atoms with Crippen LogP contribution >= 0.6 is 11.8 Å². The lowest BCUT2D eigenvalue weighted by atomic mass is 9.98. The molecule has 0 spiro atoms. The van der Waals surface area contributed by atoms with E-state index in [1.165, 1.54) is 11.8 Å². The summed E-state index contributed by atoms with van der Waals surface area (Å²) in [5, 5.41) is 15.6. The topological polar surface area (TPSA) is 81.9 Å². The second kappa shape index (κ2) is 8.43. The van der Waals surface area contributed by atoms with Gasteiger partial charge in [-0.25, -0.2) is 4.68 Å². The van der Waals surface area contributed by atoms with E-state index in [1.807, 2.05) is 59.3 Å². The van der Waals surface area contributed by atoms with Crippen LogP contribution in [-0.2, 0) is 4.79 Å². The molecule has 1 fully saturated rings. The predicted molar refractivity (Wildman–Crippen MR) is 106 cm³/mol. The molecule has 0 aliphatic heterocycles. The van der Waals surface area contributed by atoms with Gasteiger partial charge in [0.2, 0.25) is 11.1 Å². The van der Waals surface area contributed by atoms with Crippen LogP contribution in [0.3, 0.4) is 0 Å². The number of tetrazole rings is 1. The average molecular weight is 395 g/mol. The van der Waals surface area contributed by atoms with E-state index in [0.717, 1.165) is 29.7 Å². The van der Waals surface area contributed by atoms with E-state index in [4.69, 9.17) is 4.74 Å². The number of benzene rings is 2. The van der Waals surface area contributed by atoms with E-state index in [2.05, 4.69) is 20.8 Å². The van der Waals surface area contributed by atoms with Gasteiger partial charge in [0, 0.05) is 0 Å². The number of aromatic nitrogens is 4. The highest BCUT2D eigenvalue weighted by Gasteiger charge is 2.28. The van der Waals surface area contributed by atoms with Gasteiger partial charge in [-0.1, -0.05) is 54.2 Å². The SMILES string of the molecule is COc1ccc([C@@H](NC(=O)CSc2nnnn2C2CC2)c2ccccc2)cc1. The number of nitrogens with one attached hydrogen (secondary N) is 1. The molecule has 0 unspecified atom stereocenters. The maximum absolute atomic E-state index is 12.7. The highest BCUT2D eigenvalue weighted by Crippen LogP contribution is 2.36. The Hall–Kier alpha value is -2.87. The van der Waals surface area contributed by atoms with Crippen molar-refractivity contribution in [2.24, 2.45) is 0 Å². The Kier molecular flexibility index (Phi) is 5.57. The van der Waals surface area contributed by atoms with Crippen LogP contribution in [0.25, 0.3) is 0 Å². The fraction of sp³-hybridized carbons (Fsp3) is 0.300. The minimum atomic E-state index is -0.236. The number of hydrogen-bond acceptors (Lipinski definition) is 6. The number of carbonyl (C=O) groups excluding carboxylic acids is 1. The third-order valence-electron chi connectivity index (χ3n) is 4.58. The van der Waals surface area contributed by atoms with Crippen molar-refractivity contribution in [2.75, 3.05) is 12.9 Å². The van der Waals surface area contributed by atoms with Crippen LogP contribution in [0, 0.1) is 0 Å². The Morgan fingerprint density at radius 1 is 1.18 bits per heavy atom. The number of thioether (sulfide) groups is 1. The zero-order valence-electron chi connectivity index (χ0n) is 15.5. The van der Waals surface area contributed by atoms with Crippen molar-refractivity contribution >= 4 is 17.7 Å². The first-order chi connectivity index (χ1) is 13.7. The zero-order chi connectivity index (χ0) is 19.3. The van der Waals surface area contributed by atoms with Crippen molar-refractivity contribution in [1.29, 1.82) is 0 Å². The van der Waals surface area contributed by atoms with Crippen LogP contribution in [0.5, 0.6) is 5.75 Å². The molecule has 28 heavy (non-hydrogen) atoms. The summed E-state index contributed by atoms with van der Waals surface area (Å²) in [6, 6.07) is 17.8. The lowest BCUT2D eigenvalue weighted by Gasteiger charge is -2.20. The molecule has 1 aliphatic rings. The van der Waals surface area contributed by atoms with E-state index in [-0.39, 0.29) is 17.7 Å². The number of methoxy groups -OCH3 is 1. The molecule has 8 heteroatoms. The fourth-order valence-corrected chi connectivity index (χ4v) is 3.72. The van der Waals surface area contributed by atoms with Crippen LogP contribution in [0.1, 0.15) is 36.1 Å². The number of rotatable bonds is 8. The Labute approximate surface area is 167 Å². The molecule has 144 valence electrons. The van der Waals surface area contributed by atoms with Crippen LogP contribution in [0.4, 0.5) is 0 Å². The minimum Gasteiger partial charge on any atom is -0.497 e. The van der Waals surface area contributed by atoms with Gasteiger partial charge >= 0.3 is 0 Å². The van der Waals surface area contributed by atoms with Crippen molar-refractivity contribution in [3.8, 4) is 5.75 Å². The van der Waals surface area contributed by atoms with E-state index in [9.17, 15) is 4.79 Å². The van der Waals surface area contributed by atoms with Crippen molar-refractivity contribution in [3.05, 3.63) is 65.7 Å². The van der Waals surface area contributed by atoms with Gasteiger partial charge in [0.1, 0.15) is 5.75 Å². The second-order valence-electron chi connectivity index (χ2n) is 6.61. The summed E-state index contributed by atoms with van der Waals surface area (Å²) in [6.07, 6.45) is 2.19. The first kappa shape index (κ1) is 18.5. The monoisotopic (exact) mass is 395 g/mol. The van der Waals surface area contributed by atoms with Gasteiger partial charge in [-0.05, 0) is 46.5 Å². The summed E-state index contributed by atoms with van der Waals surface area (Å²) in [6.45, 7) is 0. The first-order valence-corrected chi connectivity index (χ1v) is 10.1. The van der Waals surface area contributed by atoms with Crippen molar-refractivity contribution in [1.82, 2.24) is 25.5 Å². The molecule has 3 aromatic rings. The standard InChI is InChI=1S/C20H21N5O2S/c1-27-17-11-7-15(8-12-17)19(14-5-3-2-4-6-14)21-18(26)13-28-20-22-23-24-25(20)16-9-10-16/h2-8,11-12,16,19H,9-10,13H2,1H3,(H,21,26)/t19-/m0/s1. The van der Waals surface area contributed by atoms with Gasteiger partial charge in [-0.3, -0.25) is 4.79 Å². The summed E-state index contributed by atoms with van der Waals surface area (Å²) in [4.78, 5) is 12.7. The lowest BCUT2D eigenvalue weighted by molar-refractivity contribution is -0.119. The third-order valence-corrected chi connectivity index (χ3v) is 5.51. The van der Waals surface area contributed by atoms with E-state index in [0.29, 0.717) is 11.2 Å². The molecule has 1 heterocycles. The molecule has 0 radical (unpaired) electrons. The van der Waals surface area contributed by atoms with E-state index >= 15 is 0 Å². The fourth-order valence-electron chi connectivity index (χ4n) is 2.96. The molecule has 7 nitrogen and oxygen atoms in total. The van der Waals surface area contributed by atoms with Crippen LogP contribution in [0.15, 0.2) is 59.8 Å². The first-order valence-electron chi connectivity index (χ1n) is 9.13. The molecule has 0 saturated heterocycles. The molecule has 1 aliphatic carbocycles. The summed E-state index contributed by atoms with van der Waals surface area (Å²) in [5.41, 5.74) is 2.02. The summed E-state index contributed by atoms with van der Waals surface area (Å²) in [7, 11) is 1.64. The number of ether oxygens (including phenoxy) is 1. The second-order valence-corrected chi connectivity index (χ2v) is 7.55. The van der Waals surface area contributed by atoms with E-state index in [1.54, 1.807) is 7.11 Å². The van der Waals surface area contributed by atoms with Crippen LogP contribution in [-0.4, -0.2) is 39.0 Å². The normalized spacial score (nSPS) is 14.5. The zero-order valence-corrected chi connectivity index (χ0v) is 16.3. The summed E-state index contributed by atoms with van der Waals surface area (Å²) >= 11 is 1.36. The molecule has 1 atom stereocenters. The number of nitrogens with zero attached hydrogens (tertiary/aromatic N) is 4. The Morgan fingerprint density at radius 2 is 1.89 bits per heavy atom. The highest BCUT2D eigenvalue weighted by atomic mass is 32.2. The Morgan fingerprint density at radius 3 is 2.57 bits per heavy atom. The molecule has 0 bridgehead atoms. The van der Waals surface area contributed by atoms with Gasteiger partial charge in [-0.2, -0.15) is 0 Å². The average Bonchev–Trinajstić information content (AvgIpc) is 3.49. The van der Waals surface area contributed by atoms with Crippen molar-refractivity contribution < 1.29 is 9.53 Å². The molecule has 1 aromatic heterocycles. The van der Waals surface area contributed by atoms with Gasteiger partial charge in [0.25, 0.3) is 0 Å². The molecule has 4 rings (SSSR count). The number of hydrogen-bond donors (Lipinski definition) is 1. The highest BCUT2D eigenvalue weighted by molar-refractivity contribution is 7.99. The molecule has 1 N–H and O–H groups in total. The summed E-state index contributed by atoms with van der Waals surface area (Å²) < 4.78 is 7.05. The quantitative estimate of drug-likeness (QED) is 0.591. The van der Waals surface area contributed by atoms with Crippen molar-refractivity contribution in [2.45, 2.75) is 30.1 Å². The number of amides is 1. The van der Waals surface area contributed by atoms with E-state index < -0.39 is 0 Å². The van der Waals surface area contributed by atoms with Crippen LogP contribution < -0.4 is 10.1 Å². The Bertz CT molecular complexity index is 925. The molecular weight excluding hydrogens is 374 g/mol. The number of carbonyl (C=O) groups is 1. The van der Waals surface area contributed by atoms with Crippen molar-refractivity contribution in [3.63, 3.8) is 0 Å². The lowest BCUT2D eigenvalue weighted by Crippen LogP contribution is -2.30. The smallest absolute Gasteiger partial charge is 0.231 e. The molecule has 1 amide bonds. The van der Waals surface area contributed by atoms with Gasteiger partial charge in [-0.15, -0.1) is 5.10 Å². The molecular formula is C20H21N5O2S. The maximum Gasteiger partial charge on any atom is 0.231 e.